The quantitative estimate of drug-likeness (QED) is 0.198. The van der Waals surface area contributed by atoms with Crippen LogP contribution in [-0.2, 0) is 19.2 Å². The Hall–Kier alpha value is -2.20. The molecule has 0 aliphatic rings. The third-order valence-corrected chi connectivity index (χ3v) is 3.68. The van der Waals surface area contributed by atoms with Crippen LogP contribution in [0, 0.1) is 0 Å². The number of carbonyl (C=O) groups is 4. The van der Waals surface area contributed by atoms with Gasteiger partial charge >= 0.3 is 5.97 Å². The SMILES string of the molecule is CCCC(NC)C(=O)NC(CCCCN)C(=O)NCC(=O)NCC(=O)O. The molecule has 0 rings (SSSR count). The third kappa shape index (κ3) is 10.6. The van der Waals surface area contributed by atoms with Gasteiger partial charge in [-0.25, -0.2) is 0 Å². The number of carboxylic acid groups (broad SMARTS) is 1. The Bertz CT molecular complexity index is 472. The van der Waals surface area contributed by atoms with E-state index in [1.165, 1.54) is 0 Å². The Labute approximate surface area is 153 Å². The van der Waals surface area contributed by atoms with Crippen molar-refractivity contribution in [3.63, 3.8) is 0 Å². The Morgan fingerprint density at radius 2 is 1.65 bits per heavy atom. The highest BCUT2D eigenvalue weighted by atomic mass is 16.4. The van der Waals surface area contributed by atoms with Crippen molar-refractivity contribution >= 4 is 23.7 Å². The summed E-state index contributed by atoms with van der Waals surface area (Å²) in [4.78, 5) is 46.5. The summed E-state index contributed by atoms with van der Waals surface area (Å²) >= 11 is 0. The number of nitrogens with two attached hydrogens (primary N) is 1. The van der Waals surface area contributed by atoms with Gasteiger partial charge in [0, 0.05) is 0 Å². The zero-order valence-electron chi connectivity index (χ0n) is 15.5. The van der Waals surface area contributed by atoms with Crippen LogP contribution in [0.25, 0.3) is 0 Å². The first-order valence-corrected chi connectivity index (χ1v) is 8.79. The molecule has 0 aliphatic carbocycles. The molecule has 0 aliphatic heterocycles. The predicted molar refractivity (Wildman–Crippen MR) is 96.2 cm³/mol. The molecule has 10 heteroatoms. The van der Waals surface area contributed by atoms with Crippen LogP contribution in [0.2, 0.25) is 0 Å². The minimum atomic E-state index is -1.18. The van der Waals surface area contributed by atoms with Gasteiger partial charge in [0.05, 0.1) is 12.6 Å². The van der Waals surface area contributed by atoms with Gasteiger partial charge in [-0.1, -0.05) is 13.3 Å². The normalized spacial score (nSPS) is 12.7. The van der Waals surface area contributed by atoms with Gasteiger partial charge in [0.1, 0.15) is 12.6 Å². The maximum absolute atomic E-state index is 12.3. The lowest BCUT2D eigenvalue weighted by molar-refractivity contribution is -0.138. The Morgan fingerprint density at radius 3 is 2.19 bits per heavy atom. The average Bonchev–Trinajstić information content (AvgIpc) is 2.61. The molecule has 0 bridgehead atoms. The number of unbranched alkanes of at least 4 members (excludes halogenated alkanes) is 1. The standard InChI is InChI=1S/C16H31N5O5/c1-3-6-11(18-2)16(26)21-12(7-4-5-8-17)15(25)20-9-13(22)19-10-14(23)24/h11-12,18H,3-10,17H2,1-2H3,(H,19,22)(H,20,25)(H,21,26)(H,23,24). The number of likely N-dealkylation sites (N-methyl/N-ethyl adjacent to an activating group) is 1. The van der Waals surface area contributed by atoms with Gasteiger partial charge in [0.25, 0.3) is 0 Å². The first-order valence-electron chi connectivity index (χ1n) is 8.79. The number of carbonyl (C=O) groups excluding carboxylic acids is 3. The Morgan fingerprint density at radius 1 is 0.962 bits per heavy atom. The van der Waals surface area contributed by atoms with Crippen molar-refractivity contribution in [2.75, 3.05) is 26.7 Å². The number of nitrogens with one attached hydrogen (secondary N) is 4. The van der Waals surface area contributed by atoms with Gasteiger partial charge < -0.3 is 32.1 Å². The molecule has 0 fully saturated rings. The molecule has 0 aromatic rings. The van der Waals surface area contributed by atoms with Crippen molar-refractivity contribution in [2.24, 2.45) is 5.73 Å². The van der Waals surface area contributed by atoms with Crippen molar-refractivity contribution in [2.45, 2.75) is 51.1 Å². The minimum absolute atomic E-state index is 0.280. The molecule has 26 heavy (non-hydrogen) atoms. The van der Waals surface area contributed by atoms with Gasteiger partial charge in [-0.2, -0.15) is 0 Å². The lowest BCUT2D eigenvalue weighted by Crippen LogP contribution is -2.53. The summed E-state index contributed by atoms with van der Waals surface area (Å²) in [6, 6.07) is -1.18. The second kappa shape index (κ2) is 14.0. The zero-order chi connectivity index (χ0) is 19.9. The van der Waals surface area contributed by atoms with Crippen molar-refractivity contribution in [1.29, 1.82) is 0 Å². The molecule has 0 saturated carbocycles. The fourth-order valence-corrected chi connectivity index (χ4v) is 2.26. The van der Waals surface area contributed by atoms with Crippen LogP contribution in [0.4, 0.5) is 0 Å². The fourth-order valence-electron chi connectivity index (χ4n) is 2.26. The van der Waals surface area contributed by atoms with Crippen molar-refractivity contribution in [3.8, 4) is 0 Å². The topological polar surface area (TPSA) is 163 Å². The molecule has 0 heterocycles. The molecule has 2 unspecified atom stereocenters. The van der Waals surface area contributed by atoms with E-state index < -0.39 is 36.4 Å². The smallest absolute Gasteiger partial charge is 0.322 e. The fraction of sp³-hybridized carbons (Fsp3) is 0.750. The largest absolute Gasteiger partial charge is 0.480 e. The van der Waals surface area contributed by atoms with E-state index in [2.05, 4.69) is 21.3 Å². The van der Waals surface area contributed by atoms with Crippen LogP contribution in [0.1, 0.15) is 39.0 Å². The van der Waals surface area contributed by atoms with E-state index >= 15 is 0 Å². The lowest BCUT2D eigenvalue weighted by atomic mass is 10.1. The number of amides is 3. The van der Waals surface area contributed by atoms with E-state index in [0.717, 1.165) is 6.42 Å². The summed E-state index contributed by atoms with van der Waals surface area (Å²) in [7, 11) is 1.68. The highest BCUT2D eigenvalue weighted by Crippen LogP contribution is 2.03. The molecular weight excluding hydrogens is 342 g/mol. The maximum Gasteiger partial charge on any atom is 0.322 e. The van der Waals surface area contributed by atoms with Crippen LogP contribution in [-0.4, -0.2) is 67.6 Å². The molecule has 0 aromatic carbocycles. The van der Waals surface area contributed by atoms with Crippen LogP contribution >= 0.6 is 0 Å². The zero-order valence-corrected chi connectivity index (χ0v) is 15.5. The van der Waals surface area contributed by atoms with Gasteiger partial charge in [-0.05, 0) is 39.3 Å². The third-order valence-electron chi connectivity index (χ3n) is 3.68. The summed E-state index contributed by atoms with van der Waals surface area (Å²) in [5.41, 5.74) is 5.46. The van der Waals surface area contributed by atoms with Gasteiger partial charge in [0.2, 0.25) is 17.7 Å². The molecule has 0 saturated heterocycles. The number of rotatable bonds is 14. The molecule has 2 atom stereocenters. The summed E-state index contributed by atoms with van der Waals surface area (Å²) in [5, 5.41) is 18.7. The molecule has 150 valence electrons. The van der Waals surface area contributed by atoms with E-state index in [0.29, 0.717) is 32.2 Å². The lowest BCUT2D eigenvalue weighted by Gasteiger charge is -2.22. The van der Waals surface area contributed by atoms with E-state index in [-0.39, 0.29) is 12.5 Å². The molecule has 0 aromatic heterocycles. The van der Waals surface area contributed by atoms with Crippen LogP contribution in [0.3, 0.4) is 0 Å². The average molecular weight is 373 g/mol. The maximum atomic E-state index is 12.3. The van der Waals surface area contributed by atoms with Crippen molar-refractivity contribution < 1.29 is 24.3 Å². The summed E-state index contributed by atoms with van der Waals surface area (Å²) in [6.07, 6.45) is 3.21. The Balaban J connectivity index is 4.68. The summed E-state index contributed by atoms with van der Waals surface area (Å²) in [5.74, 6) is -2.57. The number of hydrogen-bond donors (Lipinski definition) is 6. The van der Waals surface area contributed by atoms with Crippen LogP contribution in [0.5, 0.6) is 0 Å². The minimum Gasteiger partial charge on any atom is -0.480 e. The second-order valence-corrected chi connectivity index (χ2v) is 5.86. The first-order chi connectivity index (χ1) is 12.3. The van der Waals surface area contributed by atoms with Crippen molar-refractivity contribution in [3.05, 3.63) is 0 Å². The molecular formula is C16H31N5O5. The second-order valence-electron chi connectivity index (χ2n) is 5.86. The van der Waals surface area contributed by atoms with Crippen LogP contribution in [0.15, 0.2) is 0 Å². The monoisotopic (exact) mass is 373 g/mol. The predicted octanol–water partition coefficient (Wildman–Crippen LogP) is -1.69. The molecule has 0 spiro atoms. The highest BCUT2D eigenvalue weighted by molar-refractivity contribution is 5.92. The molecule has 7 N–H and O–H groups in total. The summed E-state index contributed by atoms with van der Waals surface area (Å²) in [6.45, 7) is 1.56. The first kappa shape index (κ1) is 23.8. The van der Waals surface area contributed by atoms with E-state index in [9.17, 15) is 19.2 Å². The number of carboxylic acids is 1. The van der Waals surface area contributed by atoms with Gasteiger partial charge in [0.15, 0.2) is 0 Å². The Kier molecular flexibility index (Phi) is 12.8. The number of hydrogen-bond acceptors (Lipinski definition) is 6. The van der Waals surface area contributed by atoms with E-state index in [1.54, 1.807) is 7.05 Å². The number of aliphatic carboxylic acids is 1. The molecule has 0 radical (unpaired) electrons. The summed E-state index contributed by atoms with van der Waals surface area (Å²) < 4.78 is 0. The molecule has 3 amide bonds. The molecule has 10 nitrogen and oxygen atoms in total. The van der Waals surface area contributed by atoms with E-state index in [4.69, 9.17) is 10.8 Å². The highest BCUT2D eigenvalue weighted by Gasteiger charge is 2.24. The van der Waals surface area contributed by atoms with Crippen LogP contribution < -0.4 is 27.0 Å². The van der Waals surface area contributed by atoms with Crippen molar-refractivity contribution in [1.82, 2.24) is 21.3 Å². The van der Waals surface area contributed by atoms with Gasteiger partial charge in [-0.15, -0.1) is 0 Å². The van der Waals surface area contributed by atoms with E-state index in [1.807, 2.05) is 6.92 Å². The van der Waals surface area contributed by atoms with Gasteiger partial charge in [-0.3, -0.25) is 19.2 Å².